The first-order chi connectivity index (χ1) is 12.2. The number of nitrogens with zero attached hydrogens (tertiary/aromatic N) is 1. The summed E-state index contributed by atoms with van der Waals surface area (Å²) in [6.45, 7) is 1.80. The maximum absolute atomic E-state index is 12.2. The molecule has 0 fully saturated rings. The summed E-state index contributed by atoms with van der Waals surface area (Å²) in [5.74, 6) is 0.321. The van der Waals surface area contributed by atoms with E-state index in [1.165, 1.54) is 11.4 Å². The zero-order chi connectivity index (χ0) is 19.3. The van der Waals surface area contributed by atoms with Gasteiger partial charge < -0.3 is 10.1 Å². The molecule has 0 saturated heterocycles. The maximum Gasteiger partial charge on any atom is 0.232 e. The number of methoxy groups -OCH3 is 1. The first-order valence-corrected chi connectivity index (χ1v) is 10.1. The Labute approximate surface area is 158 Å². The molecular weight excluding hydrogens is 376 g/mol. The summed E-state index contributed by atoms with van der Waals surface area (Å²) in [6.07, 6.45) is 1.10. The van der Waals surface area contributed by atoms with Gasteiger partial charge in [0.25, 0.3) is 0 Å². The highest BCUT2D eigenvalue weighted by Crippen LogP contribution is 2.26. The van der Waals surface area contributed by atoms with Crippen LogP contribution in [-0.2, 0) is 14.8 Å². The smallest absolute Gasteiger partial charge is 0.232 e. The van der Waals surface area contributed by atoms with Crippen LogP contribution in [0.15, 0.2) is 42.5 Å². The van der Waals surface area contributed by atoms with Gasteiger partial charge >= 0.3 is 0 Å². The Morgan fingerprint density at radius 3 is 2.62 bits per heavy atom. The number of halogens is 1. The minimum absolute atomic E-state index is 0.00374. The van der Waals surface area contributed by atoms with E-state index in [1.807, 2.05) is 0 Å². The molecule has 1 N–H and O–H groups in total. The first-order valence-electron chi connectivity index (χ1n) is 7.88. The highest BCUT2D eigenvalue weighted by Gasteiger charge is 2.20. The third kappa shape index (κ3) is 5.37. The number of rotatable bonds is 7. The summed E-state index contributed by atoms with van der Waals surface area (Å²) >= 11 is 6.00. The van der Waals surface area contributed by atoms with E-state index in [4.69, 9.17) is 16.3 Å². The number of sulfonamides is 1. The van der Waals surface area contributed by atoms with Crippen LogP contribution in [0.2, 0.25) is 5.02 Å². The molecule has 0 radical (unpaired) electrons. The Morgan fingerprint density at radius 1 is 1.23 bits per heavy atom. The van der Waals surface area contributed by atoms with Crippen molar-refractivity contribution in [3.63, 3.8) is 0 Å². The van der Waals surface area contributed by atoms with Crippen molar-refractivity contribution in [2.45, 2.75) is 13.3 Å². The Hall–Kier alpha value is -2.25. The number of amides is 1. The minimum atomic E-state index is -3.56. The molecule has 2 rings (SSSR count). The van der Waals surface area contributed by atoms with Gasteiger partial charge in [0, 0.05) is 29.7 Å². The third-order valence-electron chi connectivity index (χ3n) is 3.74. The summed E-state index contributed by atoms with van der Waals surface area (Å²) in [7, 11) is -2.02. The predicted molar refractivity (Wildman–Crippen MR) is 105 cm³/mol. The van der Waals surface area contributed by atoms with Crippen LogP contribution in [0.5, 0.6) is 5.75 Å². The molecule has 0 spiro atoms. The van der Waals surface area contributed by atoms with E-state index in [0.29, 0.717) is 22.1 Å². The lowest BCUT2D eigenvalue weighted by atomic mass is 10.2. The van der Waals surface area contributed by atoms with Crippen LogP contribution >= 0.6 is 11.6 Å². The predicted octanol–water partition coefficient (Wildman–Crippen LogP) is 3.45. The highest BCUT2D eigenvalue weighted by atomic mass is 35.5. The van der Waals surface area contributed by atoms with Crippen LogP contribution in [0.4, 0.5) is 11.4 Å². The summed E-state index contributed by atoms with van der Waals surface area (Å²) < 4.78 is 30.7. The number of carbonyl (C=O) groups is 1. The van der Waals surface area contributed by atoms with Crippen LogP contribution in [0.25, 0.3) is 0 Å². The summed E-state index contributed by atoms with van der Waals surface area (Å²) in [6, 6.07) is 12.0. The van der Waals surface area contributed by atoms with Crippen LogP contribution in [0, 0.1) is 6.92 Å². The molecule has 0 aliphatic heterocycles. The zero-order valence-electron chi connectivity index (χ0n) is 14.8. The number of hydrogen-bond acceptors (Lipinski definition) is 4. The van der Waals surface area contributed by atoms with Crippen molar-refractivity contribution >= 4 is 38.9 Å². The summed E-state index contributed by atoms with van der Waals surface area (Å²) in [4.78, 5) is 12.2. The second kappa shape index (κ2) is 8.42. The molecule has 0 aliphatic rings. The van der Waals surface area contributed by atoms with Crippen LogP contribution in [0.3, 0.4) is 0 Å². The number of nitrogens with one attached hydrogen (secondary N) is 1. The third-order valence-corrected chi connectivity index (χ3v) is 5.15. The summed E-state index contributed by atoms with van der Waals surface area (Å²) in [5.41, 5.74) is 1.81. The molecular formula is C18H21ClN2O4S. The molecule has 0 saturated carbocycles. The van der Waals surface area contributed by atoms with Crippen molar-refractivity contribution in [3.05, 3.63) is 53.1 Å². The molecule has 0 unspecified atom stereocenters. The SMILES string of the molecule is COc1cccc(NC(=O)CCN(c2cc(Cl)ccc2C)S(C)(=O)=O)c1. The largest absolute Gasteiger partial charge is 0.497 e. The van der Waals surface area contributed by atoms with Gasteiger partial charge in [-0.05, 0) is 36.8 Å². The van der Waals surface area contributed by atoms with Crippen molar-refractivity contribution in [2.75, 3.05) is 29.5 Å². The van der Waals surface area contributed by atoms with Crippen molar-refractivity contribution < 1.29 is 17.9 Å². The lowest BCUT2D eigenvalue weighted by Crippen LogP contribution is -2.33. The van der Waals surface area contributed by atoms with E-state index in [1.54, 1.807) is 49.4 Å². The molecule has 1 amide bonds. The van der Waals surface area contributed by atoms with Crippen molar-refractivity contribution in [1.29, 1.82) is 0 Å². The second-order valence-corrected chi connectivity index (χ2v) is 8.14. The van der Waals surface area contributed by atoms with Gasteiger partial charge in [0.05, 0.1) is 19.1 Å². The number of carbonyl (C=O) groups excluding carboxylic acids is 1. The van der Waals surface area contributed by atoms with E-state index in [0.717, 1.165) is 11.8 Å². The fraction of sp³-hybridized carbons (Fsp3) is 0.278. The van der Waals surface area contributed by atoms with Gasteiger partial charge in [0.1, 0.15) is 5.75 Å². The van der Waals surface area contributed by atoms with Gasteiger partial charge in [-0.25, -0.2) is 8.42 Å². The molecule has 0 aliphatic carbocycles. The van der Waals surface area contributed by atoms with Crippen LogP contribution < -0.4 is 14.4 Å². The van der Waals surface area contributed by atoms with Gasteiger partial charge in [0.15, 0.2) is 0 Å². The summed E-state index contributed by atoms with van der Waals surface area (Å²) in [5, 5.41) is 3.17. The average Bonchev–Trinajstić information content (AvgIpc) is 2.57. The Kier molecular flexibility index (Phi) is 6.50. The molecule has 0 aromatic heterocycles. The molecule has 2 aromatic rings. The number of benzene rings is 2. The molecule has 6 nitrogen and oxygen atoms in total. The van der Waals surface area contributed by atoms with Crippen molar-refractivity contribution in [2.24, 2.45) is 0 Å². The van der Waals surface area contributed by atoms with Gasteiger partial charge in [-0.15, -0.1) is 0 Å². The van der Waals surface area contributed by atoms with Crippen molar-refractivity contribution in [1.82, 2.24) is 0 Å². The Bertz CT molecular complexity index is 900. The fourth-order valence-corrected chi connectivity index (χ4v) is 3.59. The number of ether oxygens (including phenoxy) is 1. The quantitative estimate of drug-likeness (QED) is 0.777. The van der Waals surface area contributed by atoms with Crippen LogP contribution in [0.1, 0.15) is 12.0 Å². The molecule has 26 heavy (non-hydrogen) atoms. The topological polar surface area (TPSA) is 75.7 Å². The highest BCUT2D eigenvalue weighted by molar-refractivity contribution is 7.92. The maximum atomic E-state index is 12.2. The van der Waals surface area contributed by atoms with E-state index < -0.39 is 10.0 Å². The molecule has 0 bridgehead atoms. The lowest BCUT2D eigenvalue weighted by Gasteiger charge is -2.24. The zero-order valence-corrected chi connectivity index (χ0v) is 16.4. The van der Waals surface area contributed by atoms with Crippen LogP contribution in [-0.4, -0.2) is 34.2 Å². The van der Waals surface area contributed by atoms with E-state index in [9.17, 15) is 13.2 Å². The molecule has 0 heterocycles. The minimum Gasteiger partial charge on any atom is -0.497 e. The van der Waals surface area contributed by atoms with Gasteiger partial charge in [-0.1, -0.05) is 23.7 Å². The van der Waals surface area contributed by atoms with E-state index in [-0.39, 0.29) is 18.9 Å². The molecule has 140 valence electrons. The monoisotopic (exact) mass is 396 g/mol. The number of anilines is 2. The molecule has 0 atom stereocenters. The van der Waals surface area contributed by atoms with Gasteiger partial charge in [-0.3, -0.25) is 9.10 Å². The van der Waals surface area contributed by atoms with Crippen molar-refractivity contribution in [3.8, 4) is 5.75 Å². The average molecular weight is 397 g/mol. The molecule has 8 heteroatoms. The fourth-order valence-electron chi connectivity index (χ4n) is 2.44. The number of aryl methyl sites for hydroxylation is 1. The number of hydrogen-bond donors (Lipinski definition) is 1. The van der Waals surface area contributed by atoms with Gasteiger partial charge in [-0.2, -0.15) is 0 Å². The second-order valence-electron chi connectivity index (χ2n) is 5.80. The molecule has 2 aromatic carbocycles. The lowest BCUT2D eigenvalue weighted by molar-refractivity contribution is -0.116. The Morgan fingerprint density at radius 2 is 1.96 bits per heavy atom. The standard InChI is InChI=1S/C18H21ClN2O4S/c1-13-7-8-14(19)11-17(13)21(26(3,23)24)10-9-18(22)20-15-5-4-6-16(12-15)25-2/h4-8,11-12H,9-10H2,1-3H3,(H,20,22). The van der Waals surface area contributed by atoms with E-state index >= 15 is 0 Å². The van der Waals surface area contributed by atoms with Gasteiger partial charge in [0.2, 0.25) is 15.9 Å². The first kappa shape index (κ1) is 20.1. The Balaban J connectivity index is 2.12. The normalized spacial score (nSPS) is 11.1. The van der Waals surface area contributed by atoms with E-state index in [2.05, 4.69) is 5.32 Å².